The Bertz CT molecular complexity index is 975. The summed E-state index contributed by atoms with van der Waals surface area (Å²) in [7, 11) is 1.70. The first kappa shape index (κ1) is 21.1. The van der Waals surface area contributed by atoms with Crippen LogP contribution in [0, 0.1) is 0 Å². The first-order valence-electron chi connectivity index (χ1n) is 11.7. The van der Waals surface area contributed by atoms with Gasteiger partial charge in [0, 0.05) is 32.2 Å². The maximum Gasteiger partial charge on any atom is 0.173 e. The molecule has 168 valence electrons. The lowest BCUT2D eigenvalue weighted by Crippen LogP contribution is -2.51. The van der Waals surface area contributed by atoms with Gasteiger partial charge in [0.1, 0.15) is 5.75 Å². The molecule has 0 amide bonds. The third-order valence-electron chi connectivity index (χ3n) is 6.97. The predicted octanol–water partition coefficient (Wildman–Crippen LogP) is 3.38. The summed E-state index contributed by atoms with van der Waals surface area (Å²) >= 11 is 0. The van der Waals surface area contributed by atoms with Gasteiger partial charge < -0.3 is 4.74 Å². The zero-order valence-corrected chi connectivity index (χ0v) is 18.8. The van der Waals surface area contributed by atoms with E-state index in [0.717, 1.165) is 43.8 Å². The van der Waals surface area contributed by atoms with Crippen molar-refractivity contribution in [3.8, 4) is 5.75 Å². The van der Waals surface area contributed by atoms with E-state index in [4.69, 9.17) is 4.74 Å². The minimum absolute atomic E-state index is 0.0188. The molecule has 1 aliphatic heterocycles. The third-order valence-corrected chi connectivity index (χ3v) is 6.97. The van der Waals surface area contributed by atoms with E-state index in [1.807, 2.05) is 22.9 Å². The van der Waals surface area contributed by atoms with Crippen LogP contribution >= 0.6 is 0 Å². The molecule has 0 N–H and O–H groups in total. The second-order valence-corrected chi connectivity index (χ2v) is 8.87. The van der Waals surface area contributed by atoms with Gasteiger partial charge in [-0.15, -0.1) is 5.10 Å². The molecule has 1 saturated heterocycles. The van der Waals surface area contributed by atoms with Gasteiger partial charge in [-0.2, -0.15) is 0 Å². The molecular weight excluding hydrogens is 400 g/mol. The number of ether oxygens (including phenoxy) is 1. The molecule has 2 aromatic carbocycles. The molecule has 32 heavy (non-hydrogen) atoms. The van der Waals surface area contributed by atoms with Crippen LogP contribution < -0.4 is 4.74 Å². The topological polar surface area (TPSA) is 59.3 Å². The number of hydrogen-bond acceptors (Lipinski definition) is 6. The first-order valence-corrected chi connectivity index (χ1v) is 11.7. The van der Waals surface area contributed by atoms with Crippen molar-refractivity contribution < 1.29 is 4.74 Å². The molecule has 1 unspecified atom stereocenters. The molecule has 0 bridgehead atoms. The zero-order valence-electron chi connectivity index (χ0n) is 18.8. The van der Waals surface area contributed by atoms with Crippen molar-refractivity contribution in [2.45, 2.75) is 44.3 Å². The molecule has 2 aliphatic rings. The Morgan fingerprint density at radius 1 is 0.938 bits per heavy atom. The van der Waals surface area contributed by atoms with Crippen molar-refractivity contribution in [2.75, 3.05) is 33.3 Å². The van der Waals surface area contributed by atoms with E-state index in [-0.39, 0.29) is 6.04 Å². The number of nitrogens with zero attached hydrogens (tertiary/aromatic N) is 6. The second kappa shape index (κ2) is 9.79. The fourth-order valence-electron chi connectivity index (χ4n) is 5.22. The Balaban J connectivity index is 1.41. The largest absolute Gasteiger partial charge is 0.497 e. The van der Waals surface area contributed by atoms with Crippen LogP contribution in [0.25, 0.3) is 0 Å². The summed E-state index contributed by atoms with van der Waals surface area (Å²) in [5, 5.41) is 12.9. The van der Waals surface area contributed by atoms with Gasteiger partial charge in [-0.05, 0) is 46.5 Å². The summed E-state index contributed by atoms with van der Waals surface area (Å²) < 4.78 is 7.35. The van der Waals surface area contributed by atoms with Gasteiger partial charge in [0.25, 0.3) is 0 Å². The summed E-state index contributed by atoms with van der Waals surface area (Å²) in [6.07, 6.45) is 5.48. The van der Waals surface area contributed by atoms with Crippen molar-refractivity contribution in [2.24, 2.45) is 0 Å². The lowest BCUT2D eigenvalue weighted by atomic mass is 10.0. The van der Waals surface area contributed by atoms with Crippen molar-refractivity contribution in [3.63, 3.8) is 0 Å². The summed E-state index contributed by atoms with van der Waals surface area (Å²) in [4.78, 5) is 5.24. The van der Waals surface area contributed by atoms with Gasteiger partial charge in [-0.1, -0.05) is 55.3 Å². The van der Waals surface area contributed by atoms with Crippen LogP contribution in [0.1, 0.15) is 48.7 Å². The van der Waals surface area contributed by atoms with E-state index < -0.39 is 0 Å². The van der Waals surface area contributed by atoms with Crippen LogP contribution in [0.15, 0.2) is 54.6 Å². The Hall–Kier alpha value is -2.77. The van der Waals surface area contributed by atoms with Crippen LogP contribution in [-0.2, 0) is 6.54 Å². The predicted molar refractivity (Wildman–Crippen MR) is 124 cm³/mol. The fourth-order valence-corrected chi connectivity index (χ4v) is 5.22. The third kappa shape index (κ3) is 4.54. The smallest absolute Gasteiger partial charge is 0.173 e. The average Bonchev–Trinajstić information content (AvgIpc) is 3.54. The molecule has 0 spiro atoms. The van der Waals surface area contributed by atoms with Gasteiger partial charge in [-0.3, -0.25) is 9.80 Å². The quantitative estimate of drug-likeness (QED) is 0.571. The SMILES string of the molecule is COc1ccc(C(c2nnnn2Cc2ccccc2)N2CCN(C3CCCC3)CC2)cc1. The average molecular weight is 433 g/mol. The second-order valence-electron chi connectivity index (χ2n) is 8.87. The van der Waals surface area contributed by atoms with Gasteiger partial charge in [0.2, 0.25) is 0 Å². The Morgan fingerprint density at radius 2 is 1.66 bits per heavy atom. The van der Waals surface area contributed by atoms with Crippen LogP contribution in [0.3, 0.4) is 0 Å². The van der Waals surface area contributed by atoms with Gasteiger partial charge in [-0.25, -0.2) is 4.68 Å². The molecule has 1 aromatic heterocycles. The Kier molecular flexibility index (Phi) is 6.46. The fraction of sp³-hybridized carbons (Fsp3) is 0.480. The van der Waals surface area contributed by atoms with E-state index in [1.54, 1.807) is 7.11 Å². The number of tetrazole rings is 1. The van der Waals surface area contributed by atoms with E-state index in [0.29, 0.717) is 6.54 Å². The highest BCUT2D eigenvalue weighted by Crippen LogP contribution is 2.31. The maximum atomic E-state index is 5.39. The minimum atomic E-state index is 0.0188. The van der Waals surface area contributed by atoms with Crippen LogP contribution in [0.5, 0.6) is 5.75 Å². The number of aromatic nitrogens is 4. The van der Waals surface area contributed by atoms with Crippen molar-refractivity contribution in [1.82, 2.24) is 30.0 Å². The van der Waals surface area contributed by atoms with E-state index in [1.165, 1.54) is 36.8 Å². The van der Waals surface area contributed by atoms with Crippen LogP contribution in [0.4, 0.5) is 0 Å². The van der Waals surface area contributed by atoms with E-state index >= 15 is 0 Å². The van der Waals surface area contributed by atoms with Gasteiger partial charge in [0.05, 0.1) is 19.7 Å². The van der Waals surface area contributed by atoms with Crippen LogP contribution in [-0.4, -0.2) is 69.3 Å². The van der Waals surface area contributed by atoms with Crippen molar-refractivity contribution >= 4 is 0 Å². The molecule has 2 heterocycles. The number of piperazine rings is 1. The lowest BCUT2D eigenvalue weighted by molar-refractivity contribution is 0.0771. The number of hydrogen-bond donors (Lipinski definition) is 0. The molecule has 7 heteroatoms. The number of rotatable bonds is 7. The molecule has 1 aliphatic carbocycles. The van der Waals surface area contributed by atoms with Crippen molar-refractivity contribution in [1.29, 1.82) is 0 Å². The van der Waals surface area contributed by atoms with Gasteiger partial charge in [0.15, 0.2) is 5.82 Å². The standard InChI is InChI=1S/C25H32N6O/c1-32-23-13-11-21(12-14-23)24(30-17-15-29(16-18-30)22-9-5-6-10-22)25-26-27-28-31(25)19-20-7-3-2-4-8-20/h2-4,7-8,11-14,22,24H,5-6,9-10,15-19H2,1H3. The molecule has 1 atom stereocenters. The molecule has 1 saturated carbocycles. The monoisotopic (exact) mass is 432 g/mol. The lowest BCUT2D eigenvalue weighted by Gasteiger charge is -2.41. The van der Waals surface area contributed by atoms with E-state index in [9.17, 15) is 0 Å². The highest BCUT2D eigenvalue weighted by Gasteiger charge is 2.33. The number of benzene rings is 2. The minimum Gasteiger partial charge on any atom is -0.497 e. The molecule has 7 nitrogen and oxygen atoms in total. The Labute approximate surface area is 190 Å². The summed E-state index contributed by atoms with van der Waals surface area (Å²) in [5.74, 6) is 1.76. The molecule has 2 fully saturated rings. The highest BCUT2D eigenvalue weighted by atomic mass is 16.5. The van der Waals surface area contributed by atoms with Crippen LogP contribution in [0.2, 0.25) is 0 Å². The highest BCUT2D eigenvalue weighted by molar-refractivity contribution is 5.32. The molecule has 5 rings (SSSR count). The number of methoxy groups -OCH3 is 1. The normalized spacial score (nSPS) is 19.3. The summed E-state index contributed by atoms with van der Waals surface area (Å²) in [5.41, 5.74) is 2.39. The van der Waals surface area contributed by atoms with Crippen molar-refractivity contribution in [3.05, 3.63) is 71.5 Å². The zero-order chi connectivity index (χ0) is 21.8. The molecule has 3 aromatic rings. The summed E-state index contributed by atoms with van der Waals surface area (Å²) in [6.45, 7) is 4.92. The maximum absolute atomic E-state index is 5.39. The first-order chi connectivity index (χ1) is 15.8. The molecule has 0 radical (unpaired) electrons. The molecular formula is C25H32N6O. The van der Waals surface area contributed by atoms with E-state index in [2.05, 4.69) is 61.7 Å². The Morgan fingerprint density at radius 3 is 2.34 bits per heavy atom. The van der Waals surface area contributed by atoms with Gasteiger partial charge >= 0.3 is 0 Å². The summed E-state index contributed by atoms with van der Waals surface area (Å²) in [6, 6.07) is 19.5.